The first-order chi connectivity index (χ1) is 7.52. The molecule has 0 aromatic carbocycles. The van der Waals surface area contributed by atoms with Crippen LogP contribution in [0.4, 0.5) is 0 Å². The molecule has 1 aliphatic rings. The van der Waals surface area contributed by atoms with Crippen LogP contribution in [-0.4, -0.2) is 6.26 Å². The lowest BCUT2D eigenvalue weighted by Crippen LogP contribution is -2.04. The summed E-state index contributed by atoms with van der Waals surface area (Å²) in [6.45, 7) is 10.4. The number of hydrogen-bond acceptors (Lipinski definition) is 2. The van der Waals surface area contributed by atoms with E-state index in [1.165, 1.54) is 27.2 Å². The zero-order chi connectivity index (χ0) is 12.3. The SMILES string of the molecule is C=CC1=C(S)/C(=C(/C)SC)C(=C(C)C)CC1. The molecular formula is C14H20S2. The lowest BCUT2D eigenvalue weighted by atomic mass is 9.87. The first kappa shape index (κ1) is 13.7. The molecule has 0 aromatic heterocycles. The Morgan fingerprint density at radius 3 is 2.38 bits per heavy atom. The van der Waals surface area contributed by atoms with Crippen molar-refractivity contribution in [2.75, 3.05) is 6.26 Å². The van der Waals surface area contributed by atoms with Crippen molar-refractivity contribution >= 4 is 24.4 Å². The molecule has 1 rings (SSSR count). The Morgan fingerprint density at radius 1 is 1.31 bits per heavy atom. The normalized spacial score (nSPS) is 19.9. The van der Waals surface area contributed by atoms with Gasteiger partial charge in [0.05, 0.1) is 0 Å². The second-order valence-corrected chi connectivity index (χ2v) is 5.66. The molecule has 0 atom stereocenters. The molecule has 0 radical (unpaired) electrons. The summed E-state index contributed by atoms with van der Waals surface area (Å²) in [7, 11) is 0. The van der Waals surface area contributed by atoms with Gasteiger partial charge in [-0.3, -0.25) is 0 Å². The number of allylic oxidation sites excluding steroid dienone is 6. The highest BCUT2D eigenvalue weighted by Crippen LogP contribution is 2.41. The van der Waals surface area contributed by atoms with E-state index in [9.17, 15) is 0 Å². The third-order valence-electron chi connectivity index (χ3n) is 3.00. The van der Waals surface area contributed by atoms with Crippen molar-refractivity contribution in [3.8, 4) is 0 Å². The molecule has 0 aliphatic heterocycles. The third kappa shape index (κ3) is 2.67. The van der Waals surface area contributed by atoms with E-state index in [1.54, 1.807) is 11.8 Å². The molecule has 0 spiro atoms. The Hall–Kier alpha value is -0.340. The van der Waals surface area contributed by atoms with Gasteiger partial charge in [0.15, 0.2) is 0 Å². The molecule has 16 heavy (non-hydrogen) atoms. The minimum absolute atomic E-state index is 1.06. The minimum Gasteiger partial charge on any atom is -0.142 e. The second kappa shape index (κ2) is 5.83. The standard InChI is InChI=1S/C14H20S2/c1-6-11-7-8-12(9(2)3)13(14(11)15)10(4)16-5/h6,15H,1,7-8H2,2-5H3/b13-10-. The van der Waals surface area contributed by atoms with Crippen molar-refractivity contribution in [2.45, 2.75) is 33.6 Å². The lowest BCUT2D eigenvalue weighted by Gasteiger charge is -2.24. The van der Waals surface area contributed by atoms with Crippen molar-refractivity contribution in [1.29, 1.82) is 0 Å². The zero-order valence-electron chi connectivity index (χ0n) is 10.6. The van der Waals surface area contributed by atoms with Crippen LogP contribution in [0, 0.1) is 0 Å². The molecule has 0 aromatic rings. The van der Waals surface area contributed by atoms with E-state index in [2.05, 4.69) is 46.2 Å². The summed E-state index contributed by atoms with van der Waals surface area (Å²) < 4.78 is 0. The smallest absolute Gasteiger partial charge is 0.0155 e. The molecule has 0 nitrogen and oxygen atoms in total. The van der Waals surface area contributed by atoms with Gasteiger partial charge in [-0.05, 0) is 55.9 Å². The van der Waals surface area contributed by atoms with Crippen molar-refractivity contribution in [3.63, 3.8) is 0 Å². The summed E-state index contributed by atoms with van der Waals surface area (Å²) in [6, 6.07) is 0. The zero-order valence-corrected chi connectivity index (χ0v) is 12.3. The first-order valence-corrected chi connectivity index (χ1v) is 7.16. The van der Waals surface area contributed by atoms with Crippen LogP contribution in [0.5, 0.6) is 0 Å². The fourth-order valence-corrected chi connectivity index (χ4v) is 3.00. The Bertz CT molecular complexity index is 391. The van der Waals surface area contributed by atoms with Gasteiger partial charge in [-0.15, -0.1) is 24.4 Å². The average Bonchev–Trinajstić information content (AvgIpc) is 2.27. The summed E-state index contributed by atoms with van der Waals surface area (Å²) >= 11 is 6.48. The first-order valence-electron chi connectivity index (χ1n) is 5.49. The number of rotatable bonds is 2. The molecule has 0 unspecified atom stereocenters. The molecule has 88 valence electrons. The molecule has 0 amide bonds. The van der Waals surface area contributed by atoms with E-state index in [0.717, 1.165) is 17.7 Å². The molecule has 2 heteroatoms. The van der Waals surface area contributed by atoms with Crippen LogP contribution in [0.15, 0.2) is 44.8 Å². The number of hydrogen-bond donors (Lipinski definition) is 1. The summed E-state index contributed by atoms with van der Waals surface area (Å²) in [5.74, 6) is 0. The molecule has 0 bridgehead atoms. The van der Waals surface area contributed by atoms with Gasteiger partial charge in [0.2, 0.25) is 0 Å². The minimum atomic E-state index is 1.06. The van der Waals surface area contributed by atoms with Crippen LogP contribution in [0.1, 0.15) is 33.6 Å². The van der Waals surface area contributed by atoms with Crippen molar-refractivity contribution in [2.24, 2.45) is 0 Å². The Morgan fingerprint density at radius 2 is 1.94 bits per heavy atom. The Labute approximate surface area is 109 Å². The molecular weight excluding hydrogens is 232 g/mol. The topological polar surface area (TPSA) is 0 Å². The Kier molecular flexibility index (Phi) is 5.00. The van der Waals surface area contributed by atoms with E-state index in [0.29, 0.717) is 0 Å². The monoisotopic (exact) mass is 252 g/mol. The average molecular weight is 252 g/mol. The van der Waals surface area contributed by atoms with E-state index >= 15 is 0 Å². The Balaban J connectivity index is 3.43. The fourth-order valence-electron chi connectivity index (χ4n) is 1.99. The van der Waals surface area contributed by atoms with Gasteiger partial charge >= 0.3 is 0 Å². The maximum Gasteiger partial charge on any atom is 0.0155 e. The van der Waals surface area contributed by atoms with Crippen LogP contribution in [0.3, 0.4) is 0 Å². The van der Waals surface area contributed by atoms with Crippen LogP contribution >= 0.6 is 24.4 Å². The van der Waals surface area contributed by atoms with Gasteiger partial charge in [0, 0.05) is 10.5 Å². The van der Waals surface area contributed by atoms with Gasteiger partial charge in [0.25, 0.3) is 0 Å². The van der Waals surface area contributed by atoms with Crippen molar-refractivity contribution < 1.29 is 0 Å². The lowest BCUT2D eigenvalue weighted by molar-refractivity contribution is 0.907. The van der Waals surface area contributed by atoms with Gasteiger partial charge < -0.3 is 0 Å². The quantitative estimate of drug-likeness (QED) is 0.665. The molecule has 0 saturated carbocycles. The second-order valence-electron chi connectivity index (χ2n) is 4.19. The number of thioether (sulfide) groups is 1. The summed E-state index contributed by atoms with van der Waals surface area (Å²) in [5.41, 5.74) is 5.47. The summed E-state index contributed by atoms with van der Waals surface area (Å²) in [6.07, 6.45) is 6.24. The maximum atomic E-state index is 4.68. The van der Waals surface area contributed by atoms with Gasteiger partial charge in [0.1, 0.15) is 0 Å². The van der Waals surface area contributed by atoms with Gasteiger partial charge in [-0.2, -0.15) is 0 Å². The third-order valence-corrected chi connectivity index (χ3v) is 4.32. The predicted octanol–water partition coefficient (Wildman–Crippen LogP) is 5.12. The number of thiol groups is 1. The highest BCUT2D eigenvalue weighted by molar-refractivity contribution is 8.02. The van der Waals surface area contributed by atoms with Crippen LogP contribution in [0.25, 0.3) is 0 Å². The van der Waals surface area contributed by atoms with Crippen molar-refractivity contribution in [3.05, 3.63) is 44.8 Å². The highest BCUT2D eigenvalue weighted by atomic mass is 32.2. The van der Waals surface area contributed by atoms with Gasteiger partial charge in [-0.1, -0.05) is 18.2 Å². The maximum absolute atomic E-state index is 4.68. The van der Waals surface area contributed by atoms with E-state index < -0.39 is 0 Å². The molecule has 1 aliphatic carbocycles. The fraction of sp³-hybridized carbons (Fsp3) is 0.429. The molecule has 0 fully saturated rings. The molecule has 0 N–H and O–H groups in total. The summed E-state index contributed by atoms with van der Waals surface area (Å²) in [5, 5.41) is 0. The van der Waals surface area contributed by atoms with Gasteiger partial charge in [-0.25, -0.2) is 0 Å². The molecule has 0 heterocycles. The van der Waals surface area contributed by atoms with Crippen LogP contribution in [-0.2, 0) is 0 Å². The van der Waals surface area contributed by atoms with Crippen molar-refractivity contribution in [1.82, 2.24) is 0 Å². The largest absolute Gasteiger partial charge is 0.142 e. The van der Waals surface area contributed by atoms with E-state index in [-0.39, 0.29) is 0 Å². The molecule has 0 saturated heterocycles. The van der Waals surface area contributed by atoms with E-state index in [4.69, 9.17) is 0 Å². The van der Waals surface area contributed by atoms with Crippen LogP contribution in [0.2, 0.25) is 0 Å². The predicted molar refractivity (Wildman–Crippen MR) is 80.0 cm³/mol. The van der Waals surface area contributed by atoms with E-state index in [1.807, 2.05) is 6.08 Å². The van der Waals surface area contributed by atoms with Crippen LogP contribution < -0.4 is 0 Å². The highest BCUT2D eigenvalue weighted by Gasteiger charge is 2.20. The summed E-state index contributed by atoms with van der Waals surface area (Å²) in [4.78, 5) is 2.46.